The summed E-state index contributed by atoms with van der Waals surface area (Å²) in [6.45, 7) is 5.75. The van der Waals surface area contributed by atoms with Crippen LogP contribution in [0.1, 0.15) is 37.3 Å². The lowest BCUT2D eigenvalue weighted by atomic mass is 9.95. The molecular formula is C15H20O4. The first kappa shape index (κ1) is 15.1. The predicted octanol–water partition coefficient (Wildman–Crippen LogP) is 3.02. The molecule has 0 aromatic heterocycles. The van der Waals surface area contributed by atoms with E-state index >= 15 is 0 Å². The number of phenols is 2. The van der Waals surface area contributed by atoms with Gasteiger partial charge in [-0.15, -0.1) is 0 Å². The fraction of sp³-hybridized carbons (Fsp3) is 0.400. The summed E-state index contributed by atoms with van der Waals surface area (Å²) < 4.78 is 4.77. The molecule has 1 aromatic carbocycles. The first-order valence-corrected chi connectivity index (χ1v) is 6.32. The van der Waals surface area contributed by atoms with Gasteiger partial charge in [0.05, 0.1) is 6.61 Å². The Morgan fingerprint density at radius 2 is 2.05 bits per heavy atom. The second-order valence-corrected chi connectivity index (χ2v) is 4.46. The Balaban J connectivity index is 2.71. The van der Waals surface area contributed by atoms with E-state index in [-0.39, 0.29) is 23.4 Å². The summed E-state index contributed by atoms with van der Waals surface area (Å²) in [5, 5.41) is 19.6. The van der Waals surface area contributed by atoms with E-state index in [1.807, 2.05) is 6.92 Å². The molecule has 0 radical (unpaired) electrons. The number of aromatic hydroxyl groups is 2. The maximum absolute atomic E-state index is 11.1. The minimum atomic E-state index is -0.370. The van der Waals surface area contributed by atoms with Gasteiger partial charge >= 0.3 is 5.97 Å². The Bertz CT molecular complexity index is 477. The molecule has 0 aliphatic heterocycles. The number of aryl methyl sites for hydroxylation is 1. The Kier molecular flexibility index (Phi) is 5.42. The highest BCUT2D eigenvalue weighted by molar-refractivity contribution is 5.81. The molecule has 1 rings (SSSR count). The van der Waals surface area contributed by atoms with Crippen LogP contribution in [0.15, 0.2) is 24.3 Å². The molecular weight excluding hydrogens is 244 g/mol. The van der Waals surface area contributed by atoms with Crippen LogP contribution in [-0.2, 0) is 9.53 Å². The van der Waals surface area contributed by atoms with Gasteiger partial charge in [0.25, 0.3) is 0 Å². The van der Waals surface area contributed by atoms with Crippen molar-refractivity contribution < 1.29 is 19.7 Å². The number of phenolic OH excluding ortho intramolecular Hbond substituents is 2. The smallest absolute Gasteiger partial charge is 0.330 e. The molecule has 0 fully saturated rings. The quantitative estimate of drug-likeness (QED) is 0.487. The third-order valence-electron chi connectivity index (χ3n) is 2.95. The van der Waals surface area contributed by atoms with E-state index in [4.69, 9.17) is 4.74 Å². The average molecular weight is 264 g/mol. The summed E-state index contributed by atoms with van der Waals surface area (Å²) in [6, 6.07) is 3.54. The van der Waals surface area contributed by atoms with Gasteiger partial charge in [0.15, 0.2) is 11.5 Å². The van der Waals surface area contributed by atoms with E-state index in [2.05, 4.69) is 0 Å². The molecule has 0 heterocycles. The van der Waals surface area contributed by atoms with Crippen LogP contribution < -0.4 is 0 Å². The second-order valence-electron chi connectivity index (χ2n) is 4.46. The first-order valence-electron chi connectivity index (χ1n) is 6.32. The van der Waals surface area contributed by atoms with Crippen LogP contribution in [0.25, 0.3) is 0 Å². The third kappa shape index (κ3) is 4.02. The van der Waals surface area contributed by atoms with Crippen molar-refractivity contribution in [3.63, 3.8) is 0 Å². The van der Waals surface area contributed by atoms with Crippen LogP contribution in [0.3, 0.4) is 0 Å². The van der Waals surface area contributed by atoms with Gasteiger partial charge in [0.2, 0.25) is 0 Å². The van der Waals surface area contributed by atoms with Crippen molar-refractivity contribution >= 4 is 5.97 Å². The molecule has 4 nitrogen and oxygen atoms in total. The third-order valence-corrected chi connectivity index (χ3v) is 2.95. The minimum absolute atomic E-state index is 0.00261. The molecule has 2 N–H and O–H groups in total. The van der Waals surface area contributed by atoms with Gasteiger partial charge < -0.3 is 14.9 Å². The number of allylic oxidation sites excluding steroid dienone is 1. The van der Waals surface area contributed by atoms with Crippen LogP contribution in [0.2, 0.25) is 0 Å². The van der Waals surface area contributed by atoms with Crippen molar-refractivity contribution in [3.05, 3.63) is 35.4 Å². The zero-order valence-corrected chi connectivity index (χ0v) is 11.5. The molecule has 4 heteroatoms. The molecule has 0 unspecified atom stereocenters. The van der Waals surface area contributed by atoms with Crippen LogP contribution in [0, 0.1) is 6.92 Å². The largest absolute Gasteiger partial charge is 0.504 e. The number of carbonyl (C=O) groups excluding carboxylic acids is 1. The van der Waals surface area contributed by atoms with E-state index in [0.717, 1.165) is 0 Å². The van der Waals surface area contributed by atoms with E-state index in [1.54, 1.807) is 32.1 Å². The Labute approximate surface area is 113 Å². The lowest BCUT2D eigenvalue weighted by Gasteiger charge is -2.13. The SMILES string of the molecule is CCOC(=O)/C=C/C[C@@H](C)c1ccc(C)c(O)c1O. The highest BCUT2D eigenvalue weighted by Gasteiger charge is 2.14. The maximum Gasteiger partial charge on any atom is 0.330 e. The Hall–Kier alpha value is -1.97. The molecule has 104 valence electrons. The van der Waals surface area contributed by atoms with Crippen molar-refractivity contribution in [1.29, 1.82) is 0 Å². The van der Waals surface area contributed by atoms with Crippen molar-refractivity contribution in [2.24, 2.45) is 0 Å². The monoisotopic (exact) mass is 264 g/mol. The van der Waals surface area contributed by atoms with Gasteiger partial charge in [-0.25, -0.2) is 4.79 Å². The zero-order chi connectivity index (χ0) is 14.4. The number of esters is 1. The van der Waals surface area contributed by atoms with E-state index in [1.165, 1.54) is 6.08 Å². The van der Waals surface area contributed by atoms with Crippen LogP contribution in [0.5, 0.6) is 11.5 Å². The fourth-order valence-electron chi connectivity index (χ4n) is 1.78. The number of carbonyl (C=O) groups is 1. The summed E-state index contributed by atoms with van der Waals surface area (Å²) in [5.74, 6) is -0.543. The molecule has 0 amide bonds. The molecule has 0 aliphatic carbocycles. The average Bonchev–Trinajstić information content (AvgIpc) is 2.36. The summed E-state index contributed by atoms with van der Waals surface area (Å²) in [5.41, 5.74) is 1.30. The molecule has 0 spiro atoms. The maximum atomic E-state index is 11.1. The van der Waals surface area contributed by atoms with Crippen LogP contribution >= 0.6 is 0 Å². The molecule has 1 aromatic rings. The van der Waals surface area contributed by atoms with E-state index in [0.29, 0.717) is 24.2 Å². The fourth-order valence-corrected chi connectivity index (χ4v) is 1.78. The van der Waals surface area contributed by atoms with Gasteiger partial charge in [0, 0.05) is 11.6 Å². The molecule has 19 heavy (non-hydrogen) atoms. The van der Waals surface area contributed by atoms with Crippen molar-refractivity contribution in [2.45, 2.75) is 33.1 Å². The Morgan fingerprint density at radius 1 is 1.37 bits per heavy atom. The highest BCUT2D eigenvalue weighted by Crippen LogP contribution is 2.37. The summed E-state index contributed by atoms with van der Waals surface area (Å²) in [6.07, 6.45) is 3.67. The first-order chi connectivity index (χ1) is 8.97. The summed E-state index contributed by atoms with van der Waals surface area (Å²) >= 11 is 0. The Morgan fingerprint density at radius 3 is 2.68 bits per heavy atom. The summed E-state index contributed by atoms with van der Waals surface area (Å²) in [7, 11) is 0. The number of benzene rings is 1. The number of rotatable bonds is 5. The standard InChI is InChI=1S/C15H20O4/c1-4-19-13(16)7-5-6-10(2)12-9-8-11(3)14(17)15(12)18/h5,7-10,17-18H,4,6H2,1-3H3/b7-5+/t10-/m1/s1. The molecule has 0 bridgehead atoms. The lowest BCUT2D eigenvalue weighted by Crippen LogP contribution is -1.99. The van der Waals surface area contributed by atoms with Crippen LogP contribution in [-0.4, -0.2) is 22.8 Å². The number of ether oxygens (including phenoxy) is 1. The topological polar surface area (TPSA) is 66.8 Å². The van der Waals surface area contributed by atoms with Crippen LogP contribution in [0.4, 0.5) is 0 Å². The number of hydrogen-bond donors (Lipinski definition) is 2. The minimum Gasteiger partial charge on any atom is -0.504 e. The molecule has 1 atom stereocenters. The molecule has 0 saturated heterocycles. The zero-order valence-electron chi connectivity index (χ0n) is 11.5. The second kappa shape index (κ2) is 6.83. The van der Waals surface area contributed by atoms with E-state index < -0.39 is 0 Å². The summed E-state index contributed by atoms with van der Waals surface area (Å²) in [4.78, 5) is 11.1. The van der Waals surface area contributed by atoms with Gasteiger partial charge in [-0.2, -0.15) is 0 Å². The van der Waals surface area contributed by atoms with Crippen molar-refractivity contribution in [1.82, 2.24) is 0 Å². The van der Waals surface area contributed by atoms with Gasteiger partial charge in [-0.05, 0) is 31.7 Å². The normalized spacial score (nSPS) is 12.6. The van der Waals surface area contributed by atoms with Crippen molar-refractivity contribution in [2.75, 3.05) is 6.61 Å². The lowest BCUT2D eigenvalue weighted by molar-refractivity contribution is -0.137. The van der Waals surface area contributed by atoms with Crippen molar-refractivity contribution in [3.8, 4) is 11.5 Å². The number of hydrogen-bond acceptors (Lipinski definition) is 4. The molecule has 0 saturated carbocycles. The predicted molar refractivity (Wildman–Crippen MR) is 73.3 cm³/mol. The van der Waals surface area contributed by atoms with Gasteiger partial charge in [-0.3, -0.25) is 0 Å². The van der Waals surface area contributed by atoms with E-state index in [9.17, 15) is 15.0 Å². The van der Waals surface area contributed by atoms with Gasteiger partial charge in [-0.1, -0.05) is 25.1 Å². The van der Waals surface area contributed by atoms with Gasteiger partial charge in [0.1, 0.15) is 0 Å². The highest BCUT2D eigenvalue weighted by atomic mass is 16.5. The molecule has 0 aliphatic rings.